The third kappa shape index (κ3) is 14.0. The Morgan fingerprint density at radius 1 is 0.889 bits per heavy atom. The molecule has 0 saturated carbocycles. The van der Waals surface area contributed by atoms with Crippen LogP contribution in [0.5, 0.6) is 0 Å². The Morgan fingerprint density at radius 3 is 2.11 bits per heavy atom. The fraction of sp³-hybridized carbons (Fsp3) is 0.933. The number of hydrogen-bond acceptors (Lipinski definition) is 2. The smallest absolute Gasteiger partial charge is 0.305 e. The molecular weight excluding hydrogens is 292 g/mol. The van der Waals surface area contributed by atoms with E-state index in [2.05, 4.69) is 22.9 Å². The number of esters is 1. The number of carbonyl (C=O) groups is 1. The molecule has 0 aliphatic rings. The minimum absolute atomic E-state index is 0.0180. The van der Waals surface area contributed by atoms with Crippen molar-refractivity contribution in [2.24, 2.45) is 0 Å². The van der Waals surface area contributed by atoms with Crippen molar-refractivity contribution in [3.8, 4) is 0 Å². The maximum absolute atomic E-state index is 11.3. The number of carbonyl (C=O) groups excluding carboxylic acids is 1. The van der Waals surface area contributed by atoms with Crippen LogP contribution in [-0.4, -0.2) is 17.9 Å². The van der Waals surface area contributed by atoms with Crippen molar-refractivity contribution >= 4 is 21.9 Å². The van der Waals surface area contributed by atoms with Crippen LogP contribution in [0.15, 0.2) is 0 Å². The Bertz CT molecular complexity index is 183. The molecule has 0 aromatic heterocycles. The van der Waals surface area contributed by atoms with Crippen molar-refractivity contribution in [3.05, 3.63) is 0 Å². The summed E-state index contributed by atoms with van der Waals surface area (Å²) >= 11 is 3.36. The third-order valence-electron chi connectivity index (χ3n) is 3.03. The van der Waals surface area contributed by atoms with Crippen LogP contribution in [0.4, 0.5) is 0 Å². The SMILES string of the molecule is CCCCCCCCCCC(=O)OCCCCBr. The molecule has 0 fully saturated rings. The quantitative estimate of drug-likeness (QED) is 0.263. The summed E-state index contributed by atoms with van der Waals surface area (Å²) in [6.45, 7) is 2.82. The van der Waals surface area contributed by atoms with Crippen LogP contribution < -0.4 is 0 Å². The molecule has 0 aliphatic heterocycles. The van der Waals surface area contributed by atoms with Gasteiger partial charge in [-0.2, -0.15) is 0 Å². The van der Waals surface area contributed by atoms with E-state index in [-0.39, 0.29) is 5.97 Å². The Kier molecular flexibility index (Phi) is 15.0. The minimum Gasteiger partial charge on any atom is -0.466 e. The highest BCUT2D eigenvalue weighted by molar-refractivity contribution is 9.09. The first-order valence-corrected chi connectivity index (χ1v) is 8.65. The van der Waals surface area contributed by atoms with Gasteiger partial charge >= 0.3 is 5.97 Å². The average molecular weight is 321 g/mol. The Labute approximate surface area is 121 Å². The first-order chi connectivity index (χ1) is 8.81. The number of ether oxygens (including phenoxy) is 1. The van der Waals surface area contributed by atoms with Crippen molar-refractivity contribution in [3.63, 3.8) is 0 Å². The highest BCUT2D eigenvalue weighted by atomic mass is 79.9. The van der Waals surface area contributed by atoms with Crippen LogP contribution in [0.2, 0.25) is 0 Å². The molecule has 0 unspecified atom stereocenters. The number of alkyl halides is 1. The normalized spacial score (nSPS) is 10.6. The summed E-state index contributed by atoms with van der Waals surface area (Å²) in [5.41, 5.74) is 0. The van der Waals surface area contributed by atoms with E-state index < -0.39 is 0 Å². The lowest BCUT2D eigenvalue weighted by atomic mass is 10.1. The number of rotatable bonds is 13. The molecule has 0 aromatic carbocycles. The van der Waals surface area contributed by atoms with E-state index in [1.807, 2.05) is 0 Å². The Balaban J connectivity index is 3.10. The van der Waals surface area contributed by atoms with Gasteiger partial charge in [0, 0.05) is 11.8 Å². The number of hydrogen-bond donors (Lipinski definition) is 0. The van der Waals surface area contributed by atoms with Gasteiger partial charge < -0.3 is 4.74 Å². The third-order valence-corrected chi connectivity index (χ3v) is 3.59. The van der Waals surface area contributed by atoms with Crippen LogP contribution in [0.25, 0.3) is 0 Å². The zero-order chi connectivity index (χ0) is 13.5. The summed E-state index contributed by atoms with van der Waals surface area (Å²) < 4.78 is 5.14. The van der Waals surface area contributed by atoms with Gasteiger partial charge in [0.1, 0.15) is 0 Å². The molecule has 0 rings (SSSR count). The predicted octanol–water partition coefficient (Wildman–Crippen LogP) is 5.24. The fourth-order valence-electron chi connectivity index (χ4n) is 1.86. The van der Waals surface area contributed by atoms with E-state index >= 15 is 0 Å². The number of halogens is 1. The van der Waals surface area contributed by atoms with Gasteiger partial charge in [0.05, 0.1) is 6.61 Å². The molecule has 2 nitrogen and oxygen atoms in total. The second kappa shape index (κ2) is 15.0. The molecule has 0 bridgehead atoms. The second-order valence-corrected chi connectivity index (χ2v) is 5.63. The largest absolute Gasteiger partial charge is 0.466 e. The van der Waals surface area contributed by atoms with Crippen LogP contribution in [0.3, 0.4) is 0 Å². The van der Waals surface area contributed by atoms with Crippen molar-refractivity contribution in [1.82, 2.24) is 0 Å². The molecule has 0 spiro atoms. The van der Waals surface area contributed by atoms with E-state index in [1.165, 1.54) is 44.9 Å². The summed E-state index contributed by atoms with van der Waals surface area (Å²) in [5.74, 6) is -0.0180. The zero-order valence-corrected chi connectivity index (χ0v) is 13.5. The standard InChI is InChI=1S/C15H29BrO2/c1-2-3-4-5-6-7-8-9-12-15(17)18-14-11-10-13-16/h2-14H2,1H3. The van der Waals surface area contributed by atoms with Gasteiger partial charge in [-0.3, -0.25) is 4.79 Å². The maximum atomic E-state index is 11.3. The highest BCUT2D eigenvalue weighted by Gasteiger charge is 2.01. The van der Waals surface area contributed by atoms with Crippen molar-refractivity contribution < 1.29 is 9.53 Å². The molecule has 0 saturated heterocycles. The lowest BCUT2D eigenvalue weighted by Gasteiger charge is -2.04. The predicted molar refractivity (Wildman–Crippen MR) is 81.2 cm³/mol. The Hall–Kier alpha value is -0.0500. The molecule has 0 atom stereocenters. The monoisotopic (exact) mass is 320 g/mol. The zero-order valence-electron chi connectivity index (χ0n) is 11.9. The second-order valence-electron chi connectivity index (χ2n) is 4.84. The first kappa shape index (κ1) is 17.9. The molecule has 0 aliphatic carbocycles. The van der Waals surface area contributed by atoms with Crippen molar-refractivity contribution in [1.29, 1.82) is 0 Å². The van der Waals surface area contributed by atoms with Crippen LogP contribution in [-0.2, 0) is 9.53 Å². The van der Waals surface area contributed by atoms with Gasteiger partial charge in [-0.15, -0.1) is 0 Å². The van der Waals surface area contributed by atoms with Gasteiger partial charge in [0.2, 0.25) is 0 Å². The molecular formula is C15H29BrO2. The van der Waals surface area contributed by atoms with Gasteiger partial charge in [0.25, 0.3) is 0 Å². The first-order valence-electron chi connectivity index (χ1n) is 7.52. The number of unbranched alkanes of at least 4 members (excludes halogenated alkanes) is 8. The van der Waals surface area contributed by atoms with Crippen molar-refractivity contribution in [2.45, 2.75) is 77.6 Å². The lowest BCUT2D eigenvalue weighted by Crippen LogP contribution is -2.05. The van der Waals surface area contributed by atoms with Gasteiger partial charge in [-0.05, 0) is 19.3 Å². The van der Waals surface area contributed by atoms with E-state index in [4.69, 9.17) is 4.74 Å². The van der Waals surface area contributed by atoms with E-state index in [9.17, 15) is 4.79 Å². The fourth-order valence-corrected chi connectivity index (χ4v) is 2.25. The topological polar surface area (TPSA) is 26.3 Å². The summed E-state index contributed by atoms with van der Waals surface area (Å²) in [6, 6.07) is 0. The Morgan fingerprint density at radius 2 is 1.50 bits per heavy atom. The summed E-state index contributed by atoms with van der Waals surface area (Å²) in [7, 11) is 0. The summed E-state index contributed by atoms with van der Waals surface area (Å²) in [6.07, 6.45) is 12.8. The molecule has 3 heteroatoms. The van der Waals surface area contributed by atoms with Crippen molar-refractivity contribution in [2.75, 3.05) is 11.9 Å². The van der Waals surface area contributed by atoms with Gasteiger partial charge in [-0.25, -0.2) is 0 Å². The van der Waals surface area contributed by atoms with Gasteiger partial charge in [-0.1, -0.05) is 67.8 Å². The highest BCUT2D eigenvalue weighted by Crippen LogP contribution is 2.10. The summed E-state index contributed by atoms with van der Waals surface area (Å²) in [5, 5.41) is 0.989. The van der Waals surface area contributed by atoms with Crippen LogP contribution >= 0.6 is 15.9 Å². The molecule has 0 aromatic rings. The van der Waals surface area contributed by atoms with Crippen LogP contribution in [0.1, 0.15) is 77.6 Å². The van der Waals surface area contributed by atoms with E-state index in [0.717, 1.165) is 24.6 Å². The molecule has 0 heterocycles. The summed E-state index contributed by atoms with van der Waals surface area (Å²) in [4.78, 5) is 11.3. The molecule has 18 heavy (non-hydrogen) atoms. The van der Waals surface area contributed by atoms with Crippen LogP contribution in [0, 0.1) is 0 Å². The van der Waals surface area contributed by atoms with E-state index in [0.29, 0.717) is 13.0 Å². The van der Waals surface area contributed by atoms with Gasteiger partial charge in [0.15, 0.2) is 0 Å². The minimum atomic E-state index is -0.0180. The molecule has 0 radical (unpaired) electrons. The van der Waals surface area contributed by atoms with E-state index in [1.54, 1.807) is 0 Å². The molecule has 0 N–H and O–H groups in total. The molecule has 108 valence electrons. The average Bonchev–Trinajstić information content (AvgIpc) is 2.38. The molecule has 0 amide bonds. The lowest BCUT2D eigenvalue weighted by molar-refractivity contribution is -0.143. The maximum Gasteiger partial charge on any atom is 0.305 e.